The molecule has 0 saturated carbocycles. The van der Waals surface area contributed by atoms with Gasteiger partial charge in [-0.25, -0.2) is 13.1 Å². The molecule has 0 unspecified atom stereocenters. The predicted octanol–water partition coefficient (Wildman–Crippen LogP) is 2.71. The summed E-state index contributed by atoms with van der Waals surface area (Å²) >= 11 is 14.9. The monoisotopic (exact) mass is 412 g/mol. The molecule has 1 aromatic carbocycles. The van der Waals surface area contributed by atoms with E-state index in [0.29, 0.717) is 15.6 Å². The molecule has 0 spiro atoms. The van der Waals surface area contributed by atoms with E-state index in [9.17, 15) is 8.42 Å². The standard InChI is InChI=1S/C11H11BrCl2N4O2S/c1-17(6-7-3-8(13)5-9(14)4-7)21(19,20)11-10(12)15-16-18(11)2/h3-5H,6H2,1-2H3. The maximum absolute atomic E-state index is 12.5. The molecule has 6 nitrogen and oxygen atoms in total. The van der Waals surface area contributed by atoms with Gasteiger partial charge in [0.15, 0.2) is 4.60 Å². The van der Waals surface area contributed by atoms with Gasteiger partial charge in [-0.1, -0.05) is 28.4 Å². The Morgan fingerprint density at radius 1 is 1.29 bits per heavy atom. The lowest BCUT2D eigenvalue weighted by molar-refractivity contribution is 0.456. The molecule has 10 heteroatoms. The summed E-state index contributed by atoms with van der Waals surface area (Å²) in [7, 11) is -0.772. The molecule has 2 aromatic rings. The number of aryl methyl sites for hydroxylation is 1. The van der Waals surface area contributed by atoms with Gasteiger partial charge in [0.1, 0.15) is 0 Å². The summed E-state index contributed by atoms with van der Waals surface area (Å²) in [5, 5.41) is 8.24. The van der Waals surface area contributed by atoms with Crippen LogP contribution in [0.25, 0.3) is 0 Å². The van der Waals surface area contributed by atoms with Crippen molar-refractivity contribution in [2.45, 2.75) is 11.6 Å². The molecule has 21 heavy (non-hydrogen) atoms. The quantitative estimate of drug-likeness (QED) is 0.772. The lowest BCUT2D eigenvalue weighted by Crippen LogP contribution is -2.28. The first kappa shape index (κ1) is 16.7. The number of rotatable bonds is 4. The summed E-state index contributed by atoms with van der Waals surface area (Å²) in [6.07, 6.45) is 0. The van der Waals surface area contributed by atoms with Gasteiger partial charge in [-0.15, -0.1) is 5.10 Å². The van der Waals surface area contributed by atoms with Crippen molar-refractivity contribution in [3.8, 4) is 0 Å². The second kappa shape index (κ2) is 6.21. The fourth-order valence-electron chi connectivity index (χ4n) is 1.79. The summed E-state index contributed by atoms with van der Waals surface area (Å²) in [5.41, 5.74) is 0.685. The molecule has 0 bridgehead atoms. The van der Waals surface area contributed by atoms with E-state index >= 15 is 0 Å². The summed E-state index contributed by atoms with van der Waals surface area (Å²) in [6.45, 7) is 0.125. The number of hydrogen-bond donors (Lipinski definition) is 0. The molecule has 0 aliphatic rings. The Morgan fingerprint density at radius 3 is 2.33 bits per heavy atom. The van der Waals surface area contributed by atoms with E-state index < -0.39 is 10.0 Å². The van der Waals surface area contributed by atoms with E-state index in [4.69, 9.17) is 23.2 Å². The minimum Gasteiger partial charge on any atom is -0.235 e. The minimum absolute atomic E-state index is 0.0156. The zero-order valence-electron chi connectivity index (χ0n) is 11.1. The molecule has 0 N–H and O–H groups in total. The van der Waals surface area contributed by atoms with Crippen LogP contribution in [0.4, 0.5) is 0 Å². The summed E-state index contributed by atoms with van der Waals surface area (Å²) < 4.78 is 27.6. The van der Waals surface area contributed by atoms with Gasteiger partial charge in [0, 0.05) is 30.7 Å². The molecule has 114 valence electrons. The average Bonchev–Trinajstić information content (AvgIpc) is 2.67. The van der Waals surface area contributed by atoms with E-state index in [1.165, 1.54) is 23.1 Å². The van der Waals surface area contributed by atoms with Crippen molar-refractivity contribution in [3.63, 3.8) is 0 Å². The van der Waals surface area contributed by atoms with Gasteiger partial charge in [-0.05, 0) is 39.7 Å². The van der Waals surface area contributed by atoms with E-state index in [1.807, 2.05) is 0 Å². The molecular weight excluding hydrogens is 403 g/mol. The Morgan fingerprint density at radius 2 is 1.86 bits per heavy atom. The molecule has 0 atom stereocenters. The molecule has 1 aromatic heterocycles. The van der Waals surface area contributed by atoms with Gasteiger partial charge in [0.05, 0.1) is 0 Å². The minimum atomic E-state index is -3.74. The highest BCUT2D eigenvalue weighted by atomic mass is 79.9. The summed E-state index contributed by atoms with van der Waals surface area (Å²) in [6, 6.07) is 4.91. The molecule has 0 aliphatic carbocycles. The summed E-state index contributed by atoms with van der Waals surface area (Å²) in [4.78, 5) is 0. The van der Waals surface area contributed by atoms with Crippen LogP contribution in [0, 0.1) is 0 Å². The third-order valence-corrected chi connectivity index (χ3v) is 5.85. The summed E-state index contributed by atoms with van der Waals surface area (Å²) in [5.74, 6) is 0. The van der Waals surface area contributed by atoms with Crippen LogP contribution in [0.3, 0.4) is 0 Å². The number of benzene rings is 1. The van der Waals surface area contributed by atoms with Gasteiger partial charge >= 0.3 is 0 Å². The molecule has 1 heterocycles. The van der Waals surface area contributed by atoms with E-state index in [-0.39, 0.29) is 16.2 Å². The zero-order chi connectivity index (χ0) is 15.8. The van der Waals surface area contributed by atoms with Crippen molar-refractivity contribution in [2.75, 3.05) is 7.05 Å². The van der Waals surface area contributed by atoms with Crippen molar-refractivity contribution < 1.29 is 8.42 Å². The van der Waals surface area contributed by atoms with Crippen LogP contribution in [-0.2, 0) is 23.6 Å². The Kier molecular flexibility index (Phi) is 4.94. The van der Waals surface area contributed by atoms with Gasteiger partial charge < -0.3 is 0 Å². The van der Waals surface area contributed by atoms with E-state index in [0.717, 1.165) is 0 Å². The lowest BCUT2D eigenvalue weighted by atomic mass is 10.2. The molecule has 0 fully saturated rings. The van der Waals surface area contributed by atoms with Gasteiger partial charge in [-0.2, -0.15) is 4.31 Å². The van der Waals surface area contributed by atoms with Crippen LogP contribution in [0.2, 0.25) is 10.0 Å². The molecule has 0 aliphatic heterocycles. The van der Waals surface area contributed by atoms with Crippen molar-refractivity contribution in [3.05, 3.63) is 38.4 Å². The van der Waals surface area contributed by atoms with Crippen molar-refractivity contribution in [2.24, 2.45) is 7.05 Å². The van der Waals surface area contributed by atoms with Gasteiger partial charge in [0.25, 0.3) is 10.0 Å². The maximum Gasteiger partial charge on any atom is 0.263 e. The highest BCUT2D eigenvalue weighted by Crippen LogP contribution is 2.24. The number of sulfonamides is 1. The van der Waals surface area contributed by atoms with Crippen molar-refractivity contribution >= 4 is 49.2 Å². The number of nitrogens with zero attached hydrogens (tertiary/aromatic N) is 4. The van der Waals surface area contributed by atoms with E-state index in [2.05, 4.69) is 26.2 Å². The highest BCUT2D eigenvalue weighted by molar-refractivity contribution is 9.10. The Labute approximate surface area is 140 Å². The topological polar surface area (TPSA) is 68.1 Å². The zero-order valence-corrected chi connectivity index (χ0v) is 15.0. The van der Waals surface area contributed by atoms with Crippen molar-refractivity contribution in [1.29, 1.82) is 0 Å². The van der Waals surface area contributed by atoms with Crippen LogP contribution in [0.1, 0.15) is 5.56 Å². The molecule has 0 saturated heterocycles. The van der Waals surface area contributed by atoms with Crippen LogP contribution < -0.4 is 0 Å². The Balaban J connectivity index is 2.33. The smallest absolute Gasteiger partial charge is 0.235 e. The third kappa shape index (κ3) is 3.57. The number of hydrogen-bond acceptors (Lipinski definition) is 4. The Bertz CT molecular complexity index is 739. The number of halogens is 3. The molecular formula is C11H11BrCl2N4O2S. The molecule has 0 radical (unpaired) electrons. The first-order chi connectivity index (χ1) is 9.71. The van der Waals surface area contributed by atoms with Crippen LogP contribution >= 0.6 is 39.1 Å². The SMILES string of the molecule is CN(Cc1cc(Cl)cc(Cl)c1)S(=O)(=O)c1c(Br)nnn1C. The lowest BCUT2D eigenvalue weighted by Gasteiger charge is -2.17. The second-order valence-electron chi connectivity index (χ2n) is 4.35. The Hall–Kier alpha value is -0.670. The van der Waals surface area contributed by atoms with Gasteiger partial charge in [-0.3, -0.25) is 0 Å². The average molecular weight is 414 g/mol. The first-order valence-corrected chi connectivity index (χ1v) is 8.67. The number of aromatic nitrogens is 3. The fourth-order valence-corrected chi connectivity index (χ4v) is 4.54. The largest absolute Gasteiger partial charge is 0.263 e. The second-order valence-corrected chi connectivity index (χ2v) is 7.93. The maximum atomic E-state index is 12.5. The molecule has 2 rings (SSSR count). The first-order valence-electron chi connectivity index (χ1n) is 5.68. The van der Waals surface area contributed by atoms with Crippen LogP contribution in [0.5, 0.6) is 0 Å². The van der Waals surface area contributed by atoms with Crippen molar-refractivity contribution in [1.82, 2.24) is 19.3 Å². The van der Waals surface area contributed by atoms with E-state index in [1.54, 1.807) is 18.2 Å². The van der Waals surface area contributed by atoms with Crippen LogP contribution in [-0.4, -0.2) is 34.8 Å². The predicted molar refractivity (Wildman–Crippen MR) is 83.8 cm³/mol. The van der Waals surface area contributed by atoms with Crippen LogP contribution in [0.15, 0.2) is 27.8 Å². The molecule has 0 amide bonds. The van der Waals surface area contributed by atoms with Gasteiger partial charge in [0.2, 0.25) is 5.03 Å². The third-order valence-electron chi connectivity index (χ3n) is 2.72. The fraction of sp³-hybridized carbons (Fsp3) is 0.273. The normalized spacial score (nSPS) is 12.1. The highest BCUT2D eigenvalue weighted by Gasteiger charge is 2.28.